The lowest BCUT2D eigenvalue weighted by Crippen LogP contribution is -2.62. The van der Waals surface area contributed by atoms with Gasteiger partial charge in [0.25, 0.3) is 5.92 Å². The van der Waals surface area contributed by atoms with Crippen LogP contribution in [0, 0.1) is 17.3 Å². The highest BCUT2D eigenvalue weighted by molar-refractivity contribution is 5.07. The van der Waals surface area contributed by atoms with Crippen LogP contribution in [0.2, 0.25) is 0 Å². The van der Waals surface area contributed by atoms with Crippen molar-refractivity contribution in [2.75, 3.05) is 13.1 Å². The van der Waals surface area contributed by atoms with E-state index < -0.39 is 11.3 Å². The number of piperidine rings is 1. The predicted octanol–water partition coefficient (Wildman–Crippen LogP) is 3.79. The third kappa shape index (κ3) is 2.11. The SMILES string of the molecule is CC(C)C1CC2(CCN(C(C)C)CC2(F)F)C1. The molecule has 0 amide bonds. The molecular weight excluding hydrogens is 220 g/mol. The molecule has 1 aliphatic heterocycles. The largest absolute Gasteiger partial charge is 0.295 e. The number of likely N-dealkylation sites (tertiary alicyclic amines) is 1. The molecule has 1 heterocycles. The fraction of sp³-hybridized carbons (Fsp3) is 1.00. The van der Waals surface area contributed by atoms with Crippen LogP contribution in [0.1, 0.15) is 47.0 Å². The molecule has 1 saturated heterocycles. The van der Waals surface area contributed by atoms with Gasteiger partial charge >= 0.3 is 0 Å². The molecule has 0 unspecified atom stereocenters. The highest BCUT2D eigenvalue weighted by Crippen LogP contribution is 2.61. The lowest BCUT2D eigenvalue weighted by Gasteiger charge is -2.57. The Balaban J connectivity index is 2.03. The molecule has 2 aliphatic rings. The fourth-order valence-electron chi connectivity index (χ4n) is 3.40. The van der Waals surface area contributed by atoms with Crippen molar-refractivity contribution in [1.29, 1.82) is 0 Å². The Hall–Kier alpha value is -0.180. The van der Waals surface area contributed by atoms with Crippen molar-refractivity contribution in [3.05, 3.63) is 0 Å². The quantitative estimate of drug-likeness (QED) is 0.715. The summed E-state index contributed by atoms with van der Waals surface area (Å²) in [6.45, 7) is 9.13. The number of alkyl halides is 2. The molecule has 2 rings (SSSR count). The van der Waals surface area contributed by atoms with Crippen LogP contribution in [0.25, 0.3) is 0 Å². The minimum absolute atomic E-state index is 0.0323. The lowest BCUT2D eigenvalue weighted by atomic mass is 9.53. The van der Waals surface area contributed by atoms with Crippen molar-refractivity contribution < 1.29 is 8.78 Å². The summed E-state index contributed by atoms with van der Waals surface area (Å²) < 4.78 is 28.6. The third-order valence-electron chi connectivity index (χ3n) is 5.03. The highest BCUT2D eigenvalue weighted by Gasteiger charge is 2.62. The summed E-state index contributed by atoms with van der Waals surface area (Å²) in [6, 6.07) is 0.235. The van der Waals surface area contributed by atoms with Gasteiger partial charge in [-0.15, -0.1) is 0 Å². The summed E-state index contributed by atoms with van der Waals surface area (Å²) in [5, 5.41) is 0. The number of hydrogen-bond donors (Lipinski definition) is 0. The second-order valence-corrected chi connectivity index (χ2v) is 6.71. The summed E-state index contributed by atoms with van der Waals surface area (Å²) in [5.41, 5.74) is -0.659. The van der Waals surface area contributed by atoms with Gasteiger partial charge in [0.15, 0.2) is 0 Å². The van der Waals surface area contributed by atoms with Gasteiger partial charge in [-0.1, -0.05) is 13.8 Å². The Bertz CT molecular complexity index is 280. The maximum absolute atomic E-state index is 14.3. The molecule has 100 valence electrons. The first-order chi connectivity index (χ1) is 7.77. The van der Waals surface area contributed by atoms with E-state index in [-0.39, 0.29) is 12.6 Å². The molecule has 1 aliphatic carbocycles. The molecular formula is C14H25F2N. The van der Waals surface area contributed by atoms with Gasteiger partial charge in [0.1, 0.15) is 0 Å². The number of halogens is 2. The molecule has 0 radical (unpaired) electrons. The van der Waals surface area contributed by atoms with Crippen LogP contribution in [-0.2, 0) is 0 Å². The fourth-order valence-corrected chi connectivity index (χ4v) is 3.40. The molecule has 17 heavy (non-hydrogen) atoms. The van der Waals surface area contributed by atoms with Crippen molar-refractivity contribution in [3.63, 3.8) is 0 Å². The second kappa shape index (κ2) is 4.18. The van der Waals surface area contributed by atoms with E-state index in [0.717, 1.165) is 19.4 Å². The average Bonchev–Trinajstić information content (AvgIpc) is 2.12. The first-order valence-corrected chi connectivity index (χ1v) is 6.89. The Morgan fingerprint density at radius 2 is 1.71 bits per heavy atom. The Morgan fingerprint density at radius 3 is 2.12 bits per heavy atom. The van der Waals surface area contributed by atoms with E-state index in [4.69, 9.17) is 0 Å². The molecule has 1 saturated carbocycles. The molecule has 3 heteroatoms. The van der Waals surface area contributed by atoms with Gasteiger partial charge in [-0.25, -0.2) is 8.78 Å². The summed E-state index contributed by atoms with van der Waals surface area (Å²) >= 11 is 0. The number of rotatable bonds is 2. The molecule has 2 fully saturated rings. The van der Waals surface area contributed by atoms with Crippen LogP contribution in [0.4, 0.5) is 8.78 Å². The van der Waals surface area contributed by atoms with Crippen LogP contribution < -0.4 is 0 Å². The number of hydrogen-bond acceptors (Lipinski definition) is 1. The monoisotopic (exact) mass is 245 g/mol. The predicted molar refractivity (Wildman–Crippen MR) is 66.3 cm³/mol. The van der Waals surface area contributed by atoms with E-state index in [1.165, 1.54) is 0 Å². The molecule has 0 N–H and O–H groups in total. The van der Waals surface area contributed by atoms with Crippen molar-refractivity contribution in [1.82, 2.24) is 4.90 Å². The van der Waals surface area contributed by atoms with E-state index in [2.05, 4.69) is 13.8 Å². The first-order valence-electron chi connectivity index (χ1n) is 6.89. The Morgan fingerprint density at radius 1 is 1.12 bits per heavy atom. The van der Waals surface area contributed by atoms with E-state index in [1.807, 2.05) is 18.7 Å². The molecule has 0 bridgehead atoms. The zero-order valence-electron chi connectivity index (χ0n) is 11.5. The van der Waals surface area contributed by atoms with E-state index >= 15 is 0 Å². The zero-order valence-corrected chi connectivity index (χ0v) is 11.5. The summed E-state index contributed by atoms with van der Waals surface area (Å²) in [7, 11) is 0. The maximum Gasteiger partial charge on any atom is 0.266 e. The topological polar surface area (TPSA) is 3.24 Å². The zero-order chi connectivity index (χ0) is 12.8. The van der Waals surface area contributed by atoms with E-state index in [0.29, 0.717) is 18.3 Å². The van der Waals surface area contributed by atoms with Crippen molar-refractivity contribution >= 4 is 0 Å². The number of nitrogens with zero attached hydrogens (tertiary/aromatic N) is 1. The van der Waals surface area contributed by atoms with Crippen LogP contribution in [0.15, 0.2) is 0 Å². The van der Waals surface area contributed by atoms with Crippen molar-refractivity contribution in [3.8, 4) is 0 Å². The van der Waals surface area contributed by atoms with Gasteiger partial charge in [0, 0.05) is 11.5 Å². The van der Waals surface area contributed by atoms with Crippen LogP contribution >= 0.6 is 0 Å². The van der Waals surface area contributed by atoms with E-state index in [1.54, 1.807) is 0 Å². The minimum Gasteiger partial charge on any atom is -0.295 e. The van der Waals surface area contributed by atoms with Gasteiger partial charge in [-0.05, 0) is 51.5 Å². The van der Waals surface area contributed by atoms with Gasteiger partial charge in [0.05, 0.1) is 6.54 Å². The summed E-state index contributed by atoms with van der Waals surface area (Å²) in [4.78, 5) is 1.92. The van der Waals surface area contributed by atoms with Crippen LogP contribution in [-0.4, -0.2) is 30.0 Å². The lowest BCUT2D eigenvalue weighted by molar-refractivity contribution is -0.226. The van der Waals surface area contributed by atoms with Gasteiger partial charge in [-0.2, -0.15) is 0 Å². The molecule has 0 aromatic heterocycles. The molecule has 0 atom stereocenters. The summed E-state index contributed by atoms with van der Waals surface area (Å²) in [5.74, 6) is -1.41. The minimum atomic E-state index is -2.49. The molecule has 1 nitrogen and oxygen atoms in total. The van der Waals surface area contributed by atoms with E-state index in [9.17, 15) is 8.78 Å². The molecule has 0 aromatic rings. The summed E-state index contributed by atoms with van der Waals surface area (Å²) in [6.07, 6.45) is 2.16. The smallest absolute Gasteiger partial charge is 0.266 e. The highest BCUT2D eigenvalue weighted by atomic mass is 19.3. The van der Waals surface area contributed by atoms with Gasteiger partial charge in [0.2, 0.25) is 0 Å². The normalized spacial score (nSPS) is 37.8. The molecule has 0 aromatic carbocycles. The second-order valence-electron chi connectivity index (χ2n) is 6.71. The van der Waals surface area contributed by atoms with Gasteiger partial charge < -0.3 is 0 Å². The average molecular weight is 245 g/mol. The van der Waals surface area contributed by atoms with Crippen molar-refractivity contribution in [2.45, 2.75) is 58.9 Å². The standard InChI is InChI=1S/C14H25F2N/c1-10(2)12-7-13(8-12)5-6-17(11(3)4)9-14(13,15)16/h10-12H,5-9H2,1-4H3. The van der Waals surface area contributed by atoms with Crippen LogP contribution in [0.3, 0.4) is 0 Å². The maximum atomic E-state index is 14.3. The van der Waals surface area contributed by atoms with Crippen molar-refractivity contribution in [2.24, 2.45) is 17.3 Å². The third-order valence-corrected chi connectivity index (χ3v) is 5.03. The Kier molecular flexibility index (Phi) is 3.26. The van der Waals surface area contributed by atoms with Gasteiger partial charge in [-0.3, -0.25) is 4.90 Å². The van der Waals surface area contributed by atoms with Crippen LogP contribution in [0.5, 0.6) is 0 Å². The Labute approximate surface area is 104 Å². The molecule has 1 spiro atoms. The first kappa shape index (κ1) is 13.3.